The van der Waals surface area contributed by atoms with E-state index in [0.717, 1.165) is 36.8 Å². The molecule has 0 saturated heterocycles. The van der Waals surface area contributed by atoms with Crippen LogP contribution in [0.25, 0.3) is 0 Å². The van der Waals surface area contributed by atoms with Crippen LogP contribution in [-0.2, 0) is 19.5 Å². The van der Waals surface area contributed by atoms with Crippen LogP contribution in [0.5, 0.6) is 5.75 Å². The van der Waals surface area contributed by atoms with E-state index in [-0.39, 0.29) is 11.5 Å². The zero-order valence-corrected chi connectivity index (χ0v) is 21.5. The normalized spacial score (nSPS) is 23.4. The van der Waals surface area contributed by atoms with Crippen LogP contribution in [0, 0.1) is 17.3 Å². The van der Waals surface area contributed by atoms with Crippen LogP contribution < -0.4 is 10.3 Å². The van der Waals surface area contributed by atoms with Crippen molar-refractivity contribution in [2.45, 2.75) is 46.2 Å². The van der Waals surface area contributed by atoms with E-state index in [1.165, 1.54) is 26.0 Å². The Morgan fingerprint density at radius 3 is 2.79 bits per heavy atom. The second-order valence-electron chi connectivity index (χ2n) is 10.7. The predicted octanol–water partition coefficient (Wildman–Crippen LogP) is 4.04. The third-order valence-electron chi connectivity index (χ3n) is 8.46. The molecule has 34 heavy (non-hydrogen) atoms. The fourth-order valence-corrected chi connectivity index (χ4v) is 6.84. The SMILES string of the molecule is COc1cc(=O)n2c(c1C(=O)N(C)Cc1ccsc1)CCN(CC1=CC[C@H]3C[C@@H]1C3(C)C)CC2. The van der Waals surface area contributed by atoms with E-state index in [1.807, 2.05) is 18.5 Å². The predicted molar refractivity (Wildman–Crippen MR) is 136 cm³/mol. The number of ether oxygens (including phenoxy) is 1. The van der Waals surface area contributed by atoms with Gasteiger partial charge in [-0.2, -0.15) is 11.3 Å². The number of allylic oxidation sites excluding steroid dienone is 1. The highest BCUT2D eigenvalue weighted by Crippen LogP contribution is 2.59. The monoisotopic (exact) mass is 481 g/mol. The Morgan fingerprint density at radius 2 is 2.12 bits per heavy atom. The molecule has 3 heterocycles. The van der Waals surface area contributed by atoms with Gasteiger partial charge < -0.3 is 14.2 Å². The summed E-state index contributed by atoms with van der Waals surface area (Å²) >= 11 is 1.62. The summed E-state index contributed by atoms with van der Waals surface area (Å²) < 4.78 is 7.35. The van der Waals surface area contributed by atoms with E-state index in [0.29, 0.717) is 42.2 Å². The molecule has 7 heteroatoms. The maximum atomic E-state index is 13.6. The van der Waals surface area contributed by atoms with E-state index >= 15 is 0 Å². The van der Waals surface area contributed by atoms with Gasteiger partial charge in [-0.15, -0.1) is 0 Å². The molecule has 6 rings (SSSR count). The molecule has 4 aliphatic rings. The number of hydrogen-bond donors (Lipinski definition) is 0. The Hall–Kier alpha value is -2.38. The number of pyridine rings is 1. The number of nitrogens with zero attached hydrogens (tertiary/aromatic N) is 3. The minimum absolute atomic E-state index is 0.0920. The highest BCUT2D eigenvalue weighted by molar-refractivity contribution is 7.07. The molecule has 1 aliphatic heterocycles. The van der Waals surface area contributed by atoms with Gasteiger partial charge in [0.25, 0.3) is 11.5 Å². The van der Waals surface area contributed by atoms with Crippen LogP contribution in [0.4, 0.5) is 0 Å². The lowest BCUT2D eigenvalue weighted by molar-refractivity contribution is -0.0106. The smallest absolute Gasteiger partial charge is 0.259 e. The minimum Gasteiger partial charge on any atom is -0.496 e. The molecule has 2 atom stereocenters. The number of thiophene rings is 1. The standard InChI is InChI=1S/C27H35N3O3S/c1-27(2)20-6-5-19(21(27)13-20)16-29-9-7-22-25(23(33-4)14-24(31)30(22)11-10-29)26(32)28(3)15-18-8-12-34-17-18/h5,8,12,14,17,20-21H,6-7,9-11,13,15-16H2,1-4H3/t20-,21-/m0/s1. The number of hydrogen-bond acceptors (Lipinski definition) is 5. The zero-order chi connectivity index (χ0) is 24.0. The molecule has 3 aliphatic carbocycles. The van der Waals surface area contributed by atoms with Crippen molar-refractivity contribution < 1.29 is 9.53 Å². The summed E-state index contributed by atoms with van der Waals surface area (Å²) in [5.74, 6) is 1.80. The molecule has 0 unspecified atom stereocenters. The van der Waals surface area contributed by atoms with Gasteiger partial charge in [-0.3, -0.25) is 14.5 Å². The van der Waals surface area contributed by atoms with Crippen LogP contribution >= 0.6 is 11.3 Å². The van der Waals surface area contributed by atoms with Crippen LogP contribution in [0.2, 0.25) is 0 Å². The molecule has 0 aromatic carbocycles. The minimum atomic E-state index is -0.0995. The lowest BCUT2D eigenvalue weighted by Gasteiger charge is -2.57. The first-order chi connectivity index (χ1) is 16.3. The van der Waals surface area contributed by atoms with Gasteiger partial charge in [0.15, 0.2) is 0 Å². The van der Waals surface area contributed by atoms with Crippen molar-refractivity contribution in [2.75, 3.05) is 33.8 Å². The maximum Gasteiger partial charge on any atom is 0.259 e. The number of amides is 1. The van der Waals surface area contributed by atoms with Crippen molar-refractivity contribution in [2.24, 2.45) is 17.3 Å². The molecule has 0 N–H and O–H groups in total. The van der Waals surface area contributed by atoms with Gasteiger partial charge >= 0.3 is 0 Å². The van der Waals surface area contributed by atoms with E-state index in [9.17, 15) is 9.59 Å². The van der Waals surface area contributed by atoms with Crippen molar-refractivity contribution in [3.05, 3.63) is 61.7 Å². The third-order valence-corrected chi connectivity index (χ3v) is 9.19. The van der Waals surface area contributed by atoms with E-state index in [4.69, 9.17) is 4.74 Å². The average molecular weight is 482 g/mol. The molecule has 0 radical (unpaired) electrons. The summed E-state index contributed by atoms with van der Waals surface area (Å²) in [7, 11) is 3.35. The number of fused-ring (bicyclic) bond motifs is 2. The largest absolute Gasteiger partial charge is 0.496 e. The molecule has 182 valence electrons. The Bertz CT molecular complexity index is 1160. The Labute approximate surface area is 205 Å². The van der Waals surface area contributed by atoms with Gasteiger partial charge in [0.1, 0.15) is 11.3 Å². The molecule has 2 bridgehead atoms. The highest BCUT2D eigenvalue weighted by atomic mass is 32.1. The molecule has 1 amide bonds. The summed E-state index contributed by atoms with van der Waals surface area (Å²) in [4.78, 5) is 30.7. The quantitative estimate of drug-likeness (QED) is 0.585. The maximum absolute atomic E-state index is 13.6. The van der Waals surface area contributed by atoms with Crippen molar-refractivity contribution in [1.82, 2.24) is 14.4 Å². The first-order valence-corrected chi connectivity index (χ1v) is 13.2. The van der Waals surface area contributed by atoms with Crippen molar-refractivity contribution in [1.29, 1.82) is 0 Å². The van der Waals surface area contributed by atoms with E-state index in [2.05, 4.69) is 30.2 Å². The Balaban J connectivity index is 1.38. The van der Waals surface area contributed by atoms with Crippen molar-refractivity contribution in [3.8, 4) is 5.75 Å². The van der Waals surface area contributed by atoms with Gasteiger partial charge in [-0.25, -0.2) is 0 Å². The lowest BCUT2D eigenvalue weighted by atomic mass is 9.49. The first-order valence-electron chi connectivity index (χ1n) is 12.3. The number of carbonyl (C=O) groups excluding carboxylic acids is 1. The zero-order valence-electron chi connectivity index (χ0n) is 20.7. The van der Waals surface area contributed by atoms with Crippen LogP contribution in [0.15, 0.2) is 39.3 Å². The highest BCUT2D eigenvalue weighted by Gasteiger charge is 2.51. The summed E-state index contributed by atoms with van der Waals surface area (Å²) in [5.41, 5.74) is 4.32. The summed E-state index contributed by atoms with van der Waals surface area (Å²) in [6.45, 7) is 8.54. The molecular formula is C27H35N3O3S. The second kappa shape index (κ2) is 9.00. The van der Waals surface area contributed by atoms with E-state index in [1.54, 1.807) is 26.4 Å². The molecule has 2 aromatic heterocycles. The molecule has 2 aromatic rings. The topological polar surface area (TPSA) is 54.8 Å². The Kier molecular flexibility index (Phi) is 6.19. The van der Waals surface area contributed by atoms with Gasteiger partial charge in [0, 0.05) is 58.0 Å². The summed E-state index contributed by atoms with van der Waals surface area (Å²) in [6.07, 6.45) is 5.63. The first kappa shape index (κ1) is 23.4. The van der Waals surface area contributed by atoms with Crippen LogP contribution in [0.3, 0.4) is 0 Å². The molecule has 0 spiro atoms. The molecular weight excluding hydrogens is 446 g/mol. The van der Waals surface area contributed by atoms with Crippen LogP contribution in [0.1, 0.15) is 48.3 Å². The van der Waals surface area contributed by atoms with Gasteiger partial charge in [0.05, 0.1) is 7.11 Å². The molecule has 1 fully saturated rings. The summed E-state index contributed by atoms with van der Waals surface area (Å²) in [5, 5.41) is 4.07. The third kappa shape index (κ3) is 4.03. The summed E-state index contributed by atoms with van der Waals surface area (Å²) in [6, 6.07) is 3.51. The van der Waals surface area contributed by atoms with Crippen molar-refractivity contribution in [3.63, 3.8) is 0 Å². The average Bonchev–Trinajstić information content (AvgIpc) is 3.24. The second-order valence-corrected chi connectivity index (χ2v) is 11.4. The molecule has 1 saturated carbocycles. The number of methoxy groups -OCH3 is 1. The fourth-order valence-electron chi connectivity index (χ4n) is 6.18. The van der Waals surface area contributed by atoms with Crippen molar-refractivity contribution >= 4 is 17.2 Å². The van der Waals surface area contributed by atoms with Crippen LogP contribution in [-0.4, -0.2) is 54.1 Å². The van der Waals surface area contributed by atoms with Gasteiger partial charge in [-0.1, -0.05) is 25.5 Å². The number of rotatable bonds is 6. The Morgan fingerprint density at radius 1 is 1.29 bits per heavy atom. The lowest BCUT2D eigenvalue weighted by Crippen LogP contribution is -2.50. The fraction of sp³-hybridized carbons (Fsp3) is 0.556. The number of aromatic nitrogens is 1. The van der Waals surface area contributed by atoms with Gasteiger partial charge in [0.2, 0.25) is 0 Å². The number of carbonyl (C=O) groups is 1. The van der Waals surface area contributed by atoms with E-state index < -0.39 is 0 Å². The molecule has 6 nitrogen and oxygen atoms in total. The van der Waals surface area contributed by atoms with Gasteiger partial charge in [-0.05, 0) is 52.5 Å².